The zero-order valence-corrected chi connectivity index (χ0v) is 8.25. The van der Waals surface area contributed by atoms with E-state index in [4.69, 9.17) is 11.6 Å². The largest absolute Gasteiger partial charge is 0.347 e. The quantitative estimate of drug-likeness (QED) is 0.881. The molecule has 4 nitrogen and oxygen atoms in total. The summed E-state index contributed by atoms with van der Waals surface area (Å²) >= 11 is 5.73. The van der Waals surface area contributed by atoms with E-state index in [-0.39, 0.29) is 5.95 Å². The molecule has 0 atom stereocenters. The number of aromatic nitrogens is 3. The summed E-state index contributed by atoms with van der Waals surface area (Å²) in [7, 11) is 0. The van der Waals surface area contributed by atoms with Gasteiger partial charge in [0.05, 0.1) is 11.6 Å². The Kier molecular flexibility index (Phi) is 2.68. The van der Waals surface area contributed by atoms with Gasteiger partial charge in [0.1, 0.15) is 0 Å². The average Bonchev–Trinajstić information content (AvgIpc) is 2.56. The van der Waals surface area contributed by atoms with Crippen LogP contribution in [0.2, 0.25) is 5.02 Å². The molecular formula is C8H7ClF2N4. The van der Waals surface area contributed by atoms with Gasteiger partial charge in [-0.3, -0.25) is 0 Å². The van der Waals surface area contributed by atoms with E-state index >= 15 is 0 Å². The highest BCUT2D eigenvalue weighted by Gasteiger charge is 2.06. The second kappa shape index (κ2) is 3.98. The molecule has 0 saturated heterocycles. The molecule has 0 aromatic carbocycles. The normalized spacial score (nSPS) is 11.2. The summed E-state index contributed by atoms with van der Waals surface area (Å²) in [6, 6.07) is 3.31. The Hall–Kier alpha value is -1.43. The van der Waals surface area contributed by atoms with E-state index in [9.17, 15) is 8.78 Å². The summed E-state index contributed by atoms with van der Waals surface area (Å²) in [4.78, 5) is 3.97. The Morgan fingerprint density at radius 3 is 3.00 bits per heavy atom. The SMILES string of the molecule is FC(F)CNc1nc2ccc(Cl)cn2n1. The molecule has 1 N–H and O–H groups in total. The predicted molar refractivity (Wildman–Crippen MR) is 52.5 cm³/mol. The zero-order valence-electron chi connectivity index (χ0n) is 7.49. The smallest absolute Gasteiger partial charge is 0.255 e. The van der Waals surface area contributed by atoms with Crippen molar-refractivity contribution in [1.82, 2.24) is 14.6 Å². The first-order valence-electron chi connectivity index (χ1n) is 4.19. The number of anilines is 1. The zero-order chi connectivity index (χ0) is 10.8. The van der Waals surface area contributed by atoms with Gasteiger partial charge in [0.15, 0.2) is 5.65 Å². The van der Waals surface area contributed by atoms with E-state index in [0.717, 1.165) is 0 Å². The lowest BCUT2D eigenvalue weighted by Crippen LogP contribution is -2.11. The van der Waals surface area contributed by atoms with Gasteiger partial charge in [0, 0.05) is 6.20 Å². The van der Waals surface area contributed by atoms with Crippen LogP contribution in [0.1, 0.15) is 0 Å². The number of fused-ring (bicyclic) bond motifs is 1. The van der Waals surface area contributed by atoms with Crippen molar-refractivity contribution < 1.29 is 8.78 Å². The second-order valence-corrected chi connectivity index (χ2v) is 3.29. The van der Waals surface area contributed by atoms with Crippen molar-refractivity contribution >= 4 is 23.2 Å². The summed E-state index contributed by atoms with van der Waals surface area (Å²) in [5.41, 5.74) is 0.552. The molecule has 2 aromatic heterocycles. The third kappa shape index (κ3) is 2.33. The van der Waals surface area contributed by atoms with Crippen LogP contribution in [-0.2, 0) is 0 Å². The Balaban J connectivity index is 2.23. The van der Waals surface area contributed by atoms with Crippen molar-refractivity contribution in [3.8, 4) is 0 Å². The summed E-state index contributed by atoms with van der Waals surface area (Å²) in [5.74, 6) is 0.164. The maximum absolute atomic E-state index is 11.9. The van der Waals surface area contributed by atoms with Gasteiger partial charge in [-0.25, -0.2) is 13.3 Å². The molecule has 0 aliphatic rings. The van der Waals surface area contributed by atoms with Gasteiger partial charge in [-0.05, 0) is 12.1 Å². The second-order valence-electron chi connectivity index (χ2n) is 2.86. The van der Waals surface area contributed by atoms with Crippen molar-refractivity contribution in [2.75, 3.05) is 11.9 Å². The van der Waals surface area contributed by atoms with Gasteiger partial charge in [0.25, 0.3) is 6.43 Å². The Morgan fingerprint density at radius 1 is 1.47 bits per heavy atom. The van der Waals surface area contributed by atoms with Crippen molar-refractivity contribution in [3.63, 3.8) is 0 Å². The summed E-state index contributed by atoms with van der Waals surface area (Å²) in [6.45, 7) is -0.468. The monoisotopic (exact) mass is 232 g/mol. The van der Waals surface area contributed by atoms with Crippen LogP contribution in [0, 0.1) is 0 Å². The van der Waals surface area contributed by atoms with Gasteiger partial charge in [-0.1, -0.05) is 11.6 Å². The van der Waals surface area contributed by atoms with Crippen molar-refractivity contribution in [3.05, 3.63) is 23.4 Å². The molecule has 0 unspecified atom stereocenters. The molecular weight excluding hydrogens is 226 g/mol. The van der Waals surface area contributed by atoms with E-state index in [2.05, 4.69) is 15.4 Å². The van der Waals surface area contributed by atoms with E-state index in [1.165, 1.54) is 4.52 Å². The van der Waals surface area contributed by atoms with Gasteiger partial charge < -0.3 is 5.32 Å². The lowest BCUT2D eigenvalue weighted by molar-refractivity contribution is 0.163. The molecule has 0 amide bonds. The minimum atomic E-state index is -2.43. The molecule has 2 heterocycles. The topological polar surface area (TPSA) is 42.2 Å². The summed E-state index contributed by atoms with van der Waals surface area (Å²) < 4.78 is 25.2. The van der Waals surface area contributed by atoms with Crippen molar-refractivity contribution in [2.24, 2.45) is 0 Å². The third-order valence-electron chi connectivity index (χ3n) is 1.71. The third-order valence-corrected chi connectivity index (χ3v) is 1.93. The summed E-state index contributed by atoms with van der Waals surface area (Å²) in [6.07, 6.45) is -0.877. The number of nitrogens with one attached hydrogen (secondary N) is 1. The first-order valence-corrected chi connectivity index (χ1v) is 4.57. The fourth-order valence-corrected chi connectivity index (χ4v) is 1.26. The van der Waals surface area contributed by atoms with E-state index in [1.807, 2.05) is 0 Å². The molecule has 0 aliphatic heterocycles. The minimum absolute atomic E-state index is 0.164. The molecule has 0 spiro atoms. The highest BCUT2D eigenvalue weighted by atomic mass is 35.5. The number of hydrogen-bond acceptors (Lipinski definition) is 3. The first-order chi connectivity index (χ1) is 7.15. The number of hydrogen-bond donors (Lipinski definition) is 1. The minimum Gasteiger partial charge on any atom is -0.347 e. The molecule has 0 radical (unpaired) electrons. The van der Waals surface area contributed by atoms with Gasteiger partial charge in [-0.2, -0.15) is 4.98 Å². The Bertz CT molecular complexity index is 471. The number of pyridine rings is 1. The molecule has 2 rings (SSSR count). The molecule has 15 heavy (non-hydrogen) atoms. The molecule has 80 valence electrons. The number of rotatable bonds is 3. The highest BCUT2D eigenvalue weighted by molar-refractivity contribution is 6.30. The standard InChI is InChI=1S/C8H7ClF2N4/c9-5-1-2-7-13-8(12-3-6(10)11)14-15(7)4-5/h1-2,4,6H,3H2,(H,12,14). The Labute approximate surface area is 88.9 Å². The number of halogens is 3. The van der Waals surface area contributed by atoms with Crippen LogP contribution in [-0.4, -0.2) is 27.6 Å². The fourth-order valence-electron chi connectivity index (χ4n) is 1.10. The summed E-state index contributed by atoms with van der Waals surface area (Å²) in [5, 5.41) is 6.85. The van der Waals surface area contributed by atoms with Crippen LogP contribution in [0.25, 0.3) is 5.65 Å². The fraction of sp³-hybridized carbons (Fsp3) is 0.250. The lowest BCUT2D eigenvalue weighted by Gasteiger charge is -1.97. The molecule has 2 aromatic rings. The molecule has 0 fully saturated rings. The molecule has 0 saturated carbocycles. The van der Waals surface area contributed by atoms with E-state index in [0.29, 0.717) is 10.7 Å². The van der Waals surface area contributed by atoms with Gasteiger partial charge >= 0.3 is 0 Å². The van der Waals surface area contributed by atoms with Crippen LogP contribution >= 0.6 is 11.6 Å². The van der Waals surface area contributed by atoms with Crippen LogP contribution < -0.4 is 5.32 Å². The maximum atomic E-state index is 11.9. The Morgan fingerprint density at radius 2 is 2.27 bits per heavy atom. The van der Waals surface area contributed by atoms with E-state index < -0.39 is 13.0 Å². The highest BCUT2D eigenvalue weighted by Crippen LogP contribution is 2.11. The molecule has 0 bridgehead atoms. The van der Waals surface area contributed by atoms with Gasteiger partial charge in [0.2, 0.25) is 5.95 Å². The van der Waals surface area contributed by atoms with Crippen LogP contribution in [0.3, 0.4) is 0 Å². The van der Waals surface area contributed by atoms with Crippen LogP contribution in [0.5, 0.6) is 0 Å². The molecule has 0 aliphatic carbocycles. The van der Waals surface area contributed by atoms with Crippen LogP contribution in [0.15, 0.2) is 18.3 Å². The average molecular weight is 233 g/mol. The predicted octanol–water partition coefficient (Wildman–Crippen LogP) is 2.06. The van der Waals surface area contributed by atoms with Crippen molar-refractivity contribution in [2.45, 2.75) is 6.43 Å². The van der Waals surface area contributed by atoms with Crippen molar-refractivity contribution in [1.29, 1.82) is 0 Å². The molecule has 7 heteroatoms. The lowest BCUT2D eigenvalue weighted by atomic mass is 10.5. The van der Waals surface area contributed by atoms with Gasteiger partial charge in [-0.15, -0.1) is 5.10 Å². The number of nitrogens with zero attached hydrogens (tertiary/aromatic N) is 3. The number of alkyl halides is 2. The van der Waals surface area contributed by atoms with Crippen LogP contribution in [0.4, 0.5) is 14.7 Å². The van der Waals surface area contributed by atoms with E-state index in [1.54, 1.807) is 18.3 Å². The first kappa shape index (κ1) is 10.1. The maximum Gasteiger partial charge on any atom is 0.255 e.